The van der Waals surface area contributed by atoms with Gasteiger partial charge >= 0.3 is 6.03 Å². The molecular formula is C19H18ClN3O3. The Kier molecular flexibility index (Phi) is 4.07. The molecule has 1 saturated heterocycles. The Balaban J connectivity index is 1.49. The van der Waals surface area contributed by atoms with Crippen LogP contribution in [0, 0.1) is 6.92 Å². The Morgan fingerprint density at radius 1 is 1.35 bits per heavy atom. The Morgan fingerprint density at radius 2 is 2.15 bits per heavy atom. The highest BCUT2D eigenvalue weighted by Crippen LogP contribution is 2.38. The van der Waals surface area contributed by atoms with Gasteiger partial charge in [0.2, 0.25) is 0 Å². The third kappa shape index (κ3) is 2.90. The molecule has 4 rings (SSSR count). The number of nitrogens with zero attached hydrogens (tertiary/aromatic N) is 2. The number of pyridine rings is 1. The number of benzene rings is 1. The van der Waals surface area contributed by atoms with E-state index < -0.39 is 5.60 Å². The summed E-state index contributed by atoms with van der Waals surface area (Å²) in [5.41, 5.74) is 1.31. The lowest BCUT2D eigenvalue weighted by Gasteiger charge is -2.34. The number of amides is 2. The molecule has 0 bridgehead atoms. The van der Waals surface area contributed by atoms with E-state index in [1.807, 2.05) is 19.1 Å². The lowest BCUT2D eigenvalue weighted by Crippen LogP contribution is -2.46. The first-order valence-corrected chi connectivity index (χ1v) is 8.82. The number of urea groups is 1. The van der Waals surface area contributed by atoms with Crippen molar-refractivity contribution in [2.24, 2.45) is 0 Å². The van der Waals surface area contributed by atoms with Gasteiger partial charge in [0.25, 0.3) is 0 Å². The summed E-state index contributed by atoms with van der Waals surface area (Å²) in [4.78, 5) is 30.8. The fraction of sp³-hybridized carbons (Fsp3) is 0.316. The third-order valence-electron chi connectivity index (χ3n) is 5.00. The summed E-state index contributed by atoms with van der Waals surface area (Å²) in [6, 6.07) is 7.01. The van der Waals surface area contributed by atoms with Crippen LogP contribution in [-0.2, 0) is 0 Å². The molecule has 2 amide bonds. The van der Waals surface area contributed by atoms with E-state index in [0.717, 1.165) is 5.56 Å². The van der Waals surface area contributed by atoms with Crippen molar-refractivity contribution >= 4 is 29.1 Å². The molecule has 7 heteroatoms. The van der Waals surface area contributed by atoms with E-state index in [2.05, 4.69) is 10.3 Å². The molecule has 1 atom stereocenters. The summed E-state index contributed by atoms with van der Waals surface area (Å²) < 4.78 is 6.15. The van der Waals surface area contributed by atoms with Gasteiger partial charge in [-0.15, -0.1) is 0 Å². The number of rotatable bonds is 1. The SMILES string of the molecule is Cc1c(Cl)cncc1NC(=O)N1CCC2(CC(=O)c3ccccc3O2)C1. The van der Waals surface area contributed by atoms with Crippen molar-refractivity contribution in [2.45, 2.75) is 25.4 Å². The Morgan fingerprint density at radius 3 is 3.00 bits per heavy atom. The monoisotopic (exact) mass is 371 g/mol. The number of aromatic nitrogens is 1. The first-order valence-electron chi connectivity index (χ1n) is 8.45. The number of likely N-dealkylation sites (tertiary alicyclic amines) is 1. The number of fused-ring (bicyclic) bond motifs is 1. The quantitative estimate of drug-likeness (QED) is 0.829. The van der Waals surface area contributed by atoms with E-state index in [1.54, 1.807) is 23.2 Å². The number of para-hydroxylation sites is 1. The normalized spacial score (nSPS) is 21.5. The van der Waals surface area contributed by atoms with Gasteiger partial charge in [-0.3, -0.25) is 9.78 Å². The van der Waals surface area contributed by atoms with Gasteiger partial charge < -0.3 is 15.0 Å². The fourth-order valence-corrected chi connectivity index (χ4v) is 3.67. The average molecular weight is 372 g/mol. The number of ether oxygens (including phenoxy) is 1. The van der Waals surface area contributed by atoms with Crippen LogP contribution in [0.3, 0.4) is 0 Å². The molecule has 3 heterocycles. The minimum atomic E-state index is -0.648. The van der Waals surface area contributed by atoms with Crippen LogP contribution in [0.4, 0.5) is 10.5 Å². The molecule has 1 unspecified atom stereocenters. The predicted molar refractivity (Wildman–Crippen MR) is 97.9 cm³/mol. The maximum atomic E-state index is 12.6. The zero-order chi connectivity index (χ0) is 18.3. The number of Topliss-reactive ketones (excluding diaryl/α,β-unsaturated/α-hetero) is 1. The second-order valence-corrected chi connectivity index (χ2v) is 7.18. The summed E-state index contributed by atoms with van der Waals surface area (Å²) in [6.45, 7) is 2.71. The van der Waals surface area contributed by atoms with Crippen molar-refractivity contribution in [1.82, 2.24) is 9.88 Å². The maximum absolute atomic E-state index is 12.6. The molecule has 1 fully saturated rings. The molecule has 0 saturated carbocycles. The number of hydrogen-bond donors (Lipinski definition) is 1. The van der Waals surface area contributed by atoms with Crippen molar-refractivity contribution < 1.29 is 14.3 Å². The molecule has 134 valence electrons. The maximum Gasteiger partial charge on any atom is 0.322 e. The van der Waals surface area contributed by atoms with Gasteiger partial charge in [-0.25, -0.2) is 4.79 Å². The van der Waals surface area contributed by atoms with Gasteiger partial charge in [-0.2, -0.15) is 0 Å². The fourth-order valence-electron chi connectivity index (χ4n) is 3.51. The van der Waals surface area contributed by atoms with Gasteiger partial charge in [0.1, 0.15) is 11.4 Å². The van der Waals surface area contributed by atoms with Gasteiger partial charge in [0.15, 0.2) is 5.78 Å². The van der Waals surface area contributed by atoms with Gasteiger partial charge in [-0.1, -0.05) is 23.7 Å². The molecule has 1 aromatic carbocycles. The molecule has 26 heavy (non-hydrogen) atoms. The van der Waals surface area contributed by atoms with Crippen LogP contribution in [0.15, 0.2) is 36.7 Å². The van der Waals surface area contributed by atoms with E-state index in [4.69, 9.17) is 16.3 Å². The number of carbonyl (C=O) groups is 2. The molecule has 1 N–H and O–H groups in total. The van der Waals surface area contributed by atoms with Gasteiger partial charge in [-0.05, 0) is 24.6 Å². The van der Waals surface area contributed by atoms with Crippen LogP contribution in [-0.4, -0.2) is 40.4 Å². The molecule has 2 aromatic rings. The molecule has 6 nitrogen and oxygen atoms in total. The van der Waals surface area contributed by atoms with Crippen LogP contribution < -0.4 is 10.1 Å². The first-order chi connectivity index (χ1) is 12.5. The molecule has 1 spiro atoms. The summed E-state index contributed by atoms with van der Waals surface area (Å²) in [5.74, 6) is 0.657. The molecule has 2 aliphatic heterocycles. The number of hydrogen-bond acceptors (Lipinski definition) is 4. The summed E-state index contributed by atoms with van der Waals surface area (Å²) >= 11 is 6.05. The van der Waals surface area contributed by atoms with E-state index in [1.165, 1.54) is 6.20 Å². The van der Waals surface area contributed by atoms with Gasteiger partial charge in [0, 0.05) is 19.2 Å². The van der Waals surface area contributed by atoms with Crippen molar-refractivity contribution in [2.75, 3.05) is 18.4 Å². The topological polar surface area (TPSA) is 71.5 Å². The molecule has 0 aliphatic carbocycles. The number of nitrogens with one attached hydrogen (secondary N) is 1. The minimum Gasteiger partial charge on any atom is -0.484 e. The van der Waals surface area contributed by atoms with Crippen molar-refractivity contribution in [3.05, 3.63) is 52.8 Å². The van der Waals surface area contributed by atoms with E-state index in [9.17, 15) is 9.59 Å². The van der Waals surface area contributed by atoms with E-state index >= 15 is 0 Å². The number of ketones is 1. The standard InChI is InChI=1S/C19H18ClN3O3/c1-12-14(20)9-21-10-15(12)22-18(25)23-7-6-19(11-23)8-16(24)13-4-2-3-5-17(13)26-19/h2-5,9-10H,6-8,11H2,1H3,(H,22,25). The van der Waals surface area contributed by atoms with Crippen molar-refractivity contribution in [3.63, 3.8) is 0 Å². The highest BCUT2D eigenvalue weighted by atomic mass is 35.5. The highest BCUT2D eigenvalue weighted by molar-refractivity contribution is 6.31. The van der Waals surface area contributed by atoms with Crippen LogP contribution in [0.25, 0.3) is 0 Å². The minimum absolute atomic E-state index is 0.0593. The molecular weight excluding hydrogens is 354 g/mol. The third-order valence-corrected chi connectivity index (χ3v) is 5.38. The summed E-state index contributed by atoms with van der Waals surface area (Å²) in [6.07, 6.45) is 4.01. The Labute approximate surface area is 156 Å². The van der Waals surface area contributed by atoms with Crippen LogP contribution in [0.2, 0.25) is 5.02 Å². The first kappa shape index (κ1) is 16.8. The van der Waals surface area contributed by atoms with E-state index in [-0.39, 0.29) is 18.2 Å². The highest BCUT2D eigenvalue weighted by Gasteiger charge is 2.47. The summed E-state index contributed by atoms with van der Waals surface area (Å²) in [7, 11) is 0. The van der Waals surface area contributed by atoms with Gasteiger partial charge in [0.05, 0.1) is 35.4 Å². The zero-order valence-corrected chi connectivity index (χ0v) is 15.0. The van der Waals surface area contributed by atoms with Crippen LogP contribution >= 0.6 is 11.6 Å². The van der Waals surface area contributed by atoms with Crippen LogP contribution in [0.1, 0.15) is 28.8 Å². The Bertz CT molecular complexity index is 901. The van der Waals surface area contributed by atoms with E-state index in [0.29, 0.717) is 41.5 Å². The number of anilines is 1. The lowest BCUT2D eigenvalue weighted by molar-refractivity contribution is 0.0482. The van der Waals surface area contributed by atoms with Crippen molar-refractivity contribution in [3.8, 4) is 5.75 Å². The zero-order valence-electron chi connectivity index (χ0n) is 14.3. The largest absolute Gasteiger partial charge is 0.484 e. The Hall–Kier alpha value is -2.60. The predicted octanol–water partition coefficient (Wildman–Crippen LogP) is 3.69. The second kappa shape index (κ2) is 6.29. The molecule has 0 radical (unpaired) electrons. The number of halogens is 1. The average Bonchev–Trinajstić information content (AvgIpc) is 3.02. The smallest absolute Gasteiger partial charge is 0.322 e. The number of carbonyl (C=O) groups excluding carboxylic acids is 2. The molecule has 1 aromatic heterocycles. The van der Waals surface area contributed by atoms with Crippen molar-refractivity contribution in [1.29, 1.82) is 0 Å². The second-order valence-electron chi connectivity index (χ2n) is 6.78. The lowest BCUT2D eigenvalue weighted by atomic mass is 9.89. The summed E-state index contributed by atoms with van der Waals surface area (Å²) in [5, 5.41) is 3.34. The molecule has 2 aliphatic rings. The van der Waals surface area contributed by atoms with Crippen LogP contribution in [0.5, 0.6) is 5.75 Å².